The number of nitrogens with zero attached hydrogens (tertiary/aromatic N) is 1. The minimum Gasteiger partial charge on any atom is -0.398 e. The van der Waals surface area contributed by atoms with Gasteiger partial charge in [-0.05, 0) is 22.9 Å². The van der Waals surface area contributed by atoms with E-state index < -0.39 is 6.43 Å². The van der Waals surface area contributed by atoms with Crippen LogP contribution in [0.1, 0.15) is 17.6 Å². The highest BCUT2D eigenvalue weighted by Gasteiger charge is 2.14. The fourth-order valence-corrected chi connectivity index (χ4v) is 1.11. The molecular weight excluding hydrogens is 230 g/mol. The Hall–Kier alpha value is -0.710. The van der Waals surface area contributed by atoms with Crippen LogP contribution < -0.4 is 5.73 Å². The Morgan fingerprint density at radius 1 is 1.58 bits per heavy atom. The molecule has 1 rings (SSSR count). The first-order chi connectivity index (χ1) is 5.54. The van der Waals surface area contributed by atoms with Crippen molar-refractivity contribution in [1.82, 2.24) is 4.98 Å². The van der Waals surface area contributed by atoms with Crippen LogP contribution in [-0.2, 0) is 0 Å². The fraction of sp³-hybridized carbons (Fsp3) is 0.286. The summed E-state index contributed by atoms with van der Waals surface area (Å²) in [5.41, 5.74) is 5.87. The molecule has 1 aromatic heterocycles. The largest absolute Gasteiger partial charge is 0.398 e. The summed E-state index contributed by atoms with van der Waals surface area (Å²) in [5.74, 6) is 0. The van der Waals surface area contributed by atoms with Crippen LogP contribution in [0.4, 0.5) is 14.5 Å². The number of hydrogen-bond donors (Lipinski definition) is 1. The highest BCUT2D eigenvalue weighted by Crippen LogP contribution is 2.29. The van der Waals surface area contributed by atoms with Crippen molar-refractivity contribution in [3.63, 3.8) is 0 Å². The molecular formula is C7H7BrF2N2. The molecule has 2 nitrogen and oxygen atoms in total. The van der Waals surface area contributed by atoms with E-state index in [2.05, 4.69) is 20.9 Å². The van der Waals surface area contributed by atoms with Gasteiger partial charge in [0.25, 0.3) is 6.43 Å². The van der Waals surface area contributed by atoms with Crippen LogP contribution in [-0.4, -0.2) is 4.98 Å². The lowest BCUT2D eigenvalue weighted by Gasteiger charge is -2.07. The zero-order valence-electron chi connectivity index (χ0n) is 6.31. The molecule has 0 bridgehead atoms. The molecule has 5 heteroatoms. The van der Waals surface area contributed by atoms with Crippen LogP contribution in [0.5, 0.6) is 0 Å². The standard InChI is InChI=1S/C7H7BrF2N2/c1-3-5(11)4(7(9)10)2-12-6(3)8/h2,7H,1H3,(H2,11,12). The Balaban J connectivity index is 3.27. The smallest absolute Gasteiger partial charge is 0.267 e. The number of nitrogen functional groups attached to an aromatic ring is 1. The topological polar surface area (TPSA) is 38.9 Å². The zero-order chi connectivity index (χ0) is 9.30. The van der Waals surface area contributed by atoms with Gasteiger partial charge < -0.3 is 5.73 Å². The van der Waals surface area contributed by atoms with Crippen LogP contribution in [0.15, 0.2) is 10.8 Å². The van der Waals surface area contributed by atoms with Gasteiger partial charge in [0, 0.05) is 17.4 Å². The molecule has 0 aromatic carbocycles. The Kier molecular flexibility index (Phi) is 2.62. The predicted molar refractivity (Wildman–Crippen MR) is 46.0 cm³/mol. The molecule has 0 fully saturated rings. The number of alkyl halides is 2. The highest BCUT2D eigenvalue weighted by molar-refractivity contribution is 9.10. The summed E-state index contributed by atoms with van der Waals surface area (Å²) in [6.07, 6.45) is -1.49. The first-order valence-electron chi connectivity index (χ1n) is 3.22. The highest BCUT2D eigenvalue weighted by atomic mass is 79.9. The van der Waals surface area contributed by atoms with Gasteiger partial charge in [-0.1, -0.05) is 0 Å². The van der Waals surface area contributed by atoms with E-state index in [1.165, 1.54) is 0 Å². The average molecular weight is 237 g/mol. The van der Waals surface area contributed by atoms with Gasteiger partial charge in [-0.2, -0.15) is 0 Å². The van der Waals surface area contributed by atoms with Gasteiger partial charge in [0.2, 0.25) is 0 Å². The second kappa shape index (κ2) is 3.35. The lowest BCUT2D eigenvalue weighted by molar-refractivity contribution is 0.151. The normalized spacial score (nSPS) is 10.8. The van der Waals surface area contributed by atoms with Gasteiger partial charge in [0.05, 0.1) is 5.56 Å². The number of aromatic nitrogens is 1. The minimum atomic E-state index is -2.57. The molecule has 12 heavy (non-hydrogen) atoms. The first-order valence-corrected chi connectivity index (χ1v) is 4.02. The Morgan fingerprint density at radius 2 is 2.17 bits per heavy atom. The summed E-state index contributed by atoms with van der Waals surface area (Å²) in [6, 6.07) is 0. The average Bonchev–Trinajstić information content (AvgIpc) is 2.00. The molecule has 1 aromatic rings. The third-order valence-electron chi connectivity index (χ3n) is 1.58. The number of nitrogens with two attached hydrogens (primary N) is 1. The van der Waals surface area contributed by atoms with Crippen molar-refractivity contribution in [3.05, 3.63) is 21.9 Å². The van der Waals surface area contributed by atoms with Crippen molar-refractivity contribution in [2.75, 3.05) is 5.73 Å². The van der Waals surface area contributed by atoms with Crippen LogP contribution in [0.25, 0.3) is 0 Å². The van der Waals surface area contributed by atoms with E-state index in [1.807, 2.05) is 0 Å². The number of pyridine rings is 1. The van der Waals surface area contributed by atoms with Gasteiger partial charge in [0.15, 0.2) is 0 Å². The monoisotopic (exact) mass is 236 g/mol. The predicted octanol–water partition coefficient (Wildman–Crippen LogP) is 2.67. The lowest BCUT2D eigenvalue weighted by Crippen LogP contribution is -2.00. The fourth-order valence-electron chi connectivity index (χ4n) is 0.794. The molecule has 0 saturated heterocycles. The van der Waals surface area contributed by atoms with E-state index in [1.54, 1.807) is 6.92 Å². The second-order valence-electron chi connectivity index (χ2n) is 2.34. The van der Waals surface area contributed by atoms with Crippen molar-refractivity contribution in [3.8, 4) is 0 Å². The molecule has 66 valence electrons. The summed E-state index contributed by atoms with van der Waals surface area (Å²) < 4.78 is 24.9. The second-order valence-corrected chi connectivity index (χ2v) is 3.09. The van der Waals surface area contributed by atoms with Crippen molar-refractivity contribution in [2.24, 2.45) is 0 Å². The van der Waals surface area contributed by atoms with Gasteiger partial charge in [-0.15, -0.1) is 0 Å². The van der Waals surface area contributed by atoms with E-state index in [0.29, 0.717) is 10.2 Å². The van der Waals surface area contributed by atoms with E-state index >= 15 is 0 Å². The molecule has 0 aliphatic carbocycles. The quantitative estimate of drug-likeness (QED) is 0.762. The van der Waals surface area contributed by atoms with E-state index in [0.717, 1.165) is 6.20 Å². The first kappa shape index (κ1) is 9.38. The minimum absolute atomic E-state index is 0.104. The maximum Gasteiger partial charge on any atom is 0.267 e. The number of hydrogen-bond acceptors (Lipinski definition) is 2. The van der Waals surface area contributed by atoms with Crippen molar-refractivity contribution < 1.29 is 8.78 Å². The third-order valence-corrected chi connectivity index (χ3v) is 2.38. The Morgan fingerprint density at radius 3 is 2.67 bits per heavy atom. The van der Waals surface area contributed by atoms with E-state index in [4.69, 9.17) is 5.73 Å². The molecule has 2 N–H and O–H groups in total. The molecule has 0 radical (unpaired) electrons. The number of anilines is 1. The SMILES string of the molecule is Cc1c(Br)ncc(C(F)F)c1N. The van der Waals surface area contributed by atoms with E-state index in [9.17, 15) is 8.78 Å². The van der Waals surface area contributed by atoms with Crippen molar-refractivity contribution in [1.29, 1.82) is 0 Å². The summed E-state index contributed by atoms with van der Waals surface area (Å²) in [4.78, 5) is 3.72. The van der Waals surface area contributed by atoms with Crippen molar-refractivity contribution >= 4 is 21.6 Å². The van der Waals surface area contributed by atoms with Gasteiger partial charge in [-0.3, -0.25) is 0 Å². The number of halogens is 3. The molecule has 0 saturated carbocycles. The maximum absolute atomic E-state index is 12.2. The summed E-state index contributed by atoms with van der Waals surface area (Å²) in [6.45, 7) is 1.64. The van der Waals surface area contributed by atoms with Gasteiger partial charge in [0.1, 0.15) is 4.60 Å². The molecule has 0 atom stereocenters. The van der Waals surface area contributed by atoms with E-state index in [-0.39, 0.29) is 11.3 Å². The summed E-state index contributed by atoms with van der Waals surface area (Å²) >= 11 is 3.09. The molecule has 0 amide bonds. The van der Waals surface area contributed by atoms with Gasteiger partial charge in [-0.25, -0.2) is 13.8 Å². The van der Waals surface area contributed by atoms with Crippen LogP contribution in [0, 0.1) is 6.92 Å². The van der Waals surface area contributed by atoms with Crippen LogP contribution in [0.2, 0.25) is 0 Å². The number of rotatable bonds is 1. The lowest BCUT2D eigenvalue weighted by atomic mass is 10.2. The summed E-state index contributed by atoms with van der Waals surface area (Å²) in [7, 11) is 0. The third kappa shape index (κ3) is 1.55. The Labute approximate surface area is 76.9 Å². The van der Waals surface area contributed by atoms with Crippen molar-refractivity contribution in [2.45, 2.75) is 13.3 Å². The van der Waals surface area contributed by atoms with Crippen LogP contribution >= 0.6 is 15.9 Å². The van der Waals surface area contributed by atoms with Crippen LogP contribution in [0.3, 0.4) is 0 Å². The molecule has 0 aliphatic heterocycles. The Bertz CT molecular complexity index is 302. The molecule has 0 aliphatic rings. The molecule has 1 heterocycles. The summed E-state index contributed by atoms with van der Waals surface area (Å²) in [5, 5.41) is 0. The zero-order valence-corrected chi connectivity index (χ0v) is 7.90. The van der Waals surface area contributed by atoms with Gasteiger partial charge >= 0.3 is 0 Å². The molecule has 0 spiro atoms. The molecule has 0 unspecified atom stereocenters. The maximum atomic E-state index is 12.2.